The van der Waals surface area contributed by atoms with E-state index in [0.29, 0.717) is 6.04 Å². The van der Waals surface area contributed by atoms with Gasteiger partial charge in [-0.1, -0.05) is 6.42 Å². The van der Waals surface area contributed by atoms with Crippen molar-refractivity contribution in [2.24, 2.45) is 5.92 Å². The van der Waals surface area contributed by atoms with Crippen LogP contribution in [0.3, 0.4) is 0 Å². The first kappa shape index (κ1) is 10.4. The lowest BCUT2D eigenvalue weighted by Gasteiger charge is -2.39. The molecular formula is C12H24N2. The molecule has 0 radical (unpaired) electrons. The zero-order valence-corrected chi connectivity index (χ0v) is 9.63. The summed E-state index contributed by atoms with van der Waals surface area (Å²) in [5, 5.41) is 3.56. The molecule has 2 fully saturated rings. The minimum absolute atomic E-state index is 0.681. The monoisotopic (exact) mass is 196 g/mol. The molecule has 1 heterocycles. The Balaban J connectivity index is 1.87. The molecular weight excluding hydrogens is 172 g/mol. The van der Waals surface area contributed by atoms with Gasteiger partial charge in [-0.25, -0.2) is 0 Å². The van der Waals surface area contributed by atoms with Crippen molar-refractivity contribution >= 4 is 0 Å². The van der Waals surface area contributed by atoms with E-state index < -0.39 is 0 Å². The van der Waals surface area contributed by atoms with Gasteiger partial charge >= 0.3 is 0 Å². The highest BCUT2D eigenvalue weighted by molar-refractivity contribution is 4.84. The molecule has 1 aliphatic carbocycles. The van der Waals surface area contributed by atoms with Crippen molar-refractivity contribution in [2.45, 2.75) is 51.6 Å². The predicted molar refractivity (Wildman–Crippen MR) is 60.5 cm³/mol. The van der Waals surface area contributed by atoms with Crippen molar-refractivity contribution in [1.82, 2.24) is 10.2 Å². The molecule has 0 aromatic heterocycles. The van der Waals surface area contributed by atoms with Crippen LogP contribution in [0.4, 0.5) is 0 Å². The number of hydrogen-bond donors (Lipinski definition) is 1. The Morgan fingerprint density at radius 1 is 1.29 bits per heavy atom. The number of nitrogens with zero attached hydrogens (tertiary/aromatic N) is 1. The van der Waals surface area contributed by atoms with Gasteiger partial charge in [-0.05, 0) is 52.1 Å². The summed E-state index contributed by atoms with van der Waals surface area (Å²) >= 11 is 0. The number of hydrogen-bond acceptors (Lipinski definition) is 2. The van der Waals surface area contributed by atoms with E-state index in [9.17, 15) is 0 Å². The first-order valence-corrected chi connectivity index (χ1v) is 6.25. The van der Waals surface area contributed by atoms with Crippen molar-refractivity contribution < 1.29 is 0 Å². The summed E-state index contributed by atoms with van der Waals surface area (Å²) in [4.78, 5) is 2.70. The molecule has 14 heavy (non-hydrogen) atoms. The third-order valence-corrected chi connectivity index (χ3v) is 4.03. The second kappa shape index (κ2) is 4.63. The van der Waals surface area contributed by atoms with Crippen LogP contribution in [-0.4, -0.2) is 36.6 Å². The van der Waals surface area contributed by atoms with E-state index in [4.69, 9.17) is 0 Å². The fraction of sp³-hybridized carbons (Fsp3) is 1.00. The van der Waals surface area contributed by atoms with Gasteiger partial charge in [-0.15, -0.1) is 0 Å². The third kappa shape index (κ3) is 2.29. The first-order chi connectivity index (χ1) is 6.77. The summed E-state index contributed by atoms with van der Waals surface area (Å²) in [6, 6.07) is 1.51. The van der Waals surface area contributed by atoms with Crippen molar-refractivity contribution in [2.75, 3.05) is 19.6 Å². The molecule has 1 saturated heterocycles. The quantitative estimate of drug-likeness (QED) is 0.725. The summed E-state index contributed by atoms with van der Waals surface area (Å²) in [7, 11) is 0. The minimum Gasteiger partial charge on any atom is -0.313 e. The predicted octanol–water partition coefficient (Wildman–Crippen LogP) is 1.86. The maximum absolute atomic E-state index is 3.56. The fourth-order valence-electron chi connectivity index (χ4n) is 2.73. The molecule has 2 aliphatic rings. The fourth-order valence-corrected chi connectivity index (χ4v) is 2.73. The van der Waals surface area contributed by atoms with E-state index in [1.165, 1.54) is 45.3 Å². The molecule has 0 spiro atoms. The lowest BCUT2D eigenvalue weighted by Crippen LogP contribution is -2.45. The zero-order valence-electron chi connectivity index (χ0n) is 9.63. The Labute approximate surface area is 88.1 Å². The molecule has 2 unspecified atom stereocenters. The molecule has 0 amide bonds. The SMILES string of the molecule is CC1CN(C(C)C2CCC2)CCCN1. The molecule has 0 aromatic rings. The lowest BCUT2D eigenvalue weighted by atomic mass is 9.79. The molecule has 1 N–H and O–H groups in total. The molecule has 0 bridgehead atoms. The lowest BCUT2D eigenvalue weighted by molar-refractivity contribution is 0.107. The molecule has 0 aromatic carbocycles. The third-order valence-electron chi connectivity index (χ3n) is 4.03. The van der Waals surface area contributed by atoms with Crippen LogP contribution in [0.1, 0.15) is 39.5 Å². The first-order valence-electron chi connectivity index (χ1n) is 6.25. The van der Waals surface area contributed by atoms with Crippen LogP contribution in [-0.2, 0) is 0 Å². The van der Waals surface area contributed by atoms with Crippen LogP contribution in [0.25, 0.3) is 0 Å². The molecule has 1 saturated carbocycles. The van der Waals surface area contributed by atoms with E-state index >= 15 is 0 Å². The average molecular weight is 196 g/mol. The Morgan fingerprint density at radius 2 is 2.07 bits per heavy atom. The maximum Gasteiger partial charge on any atom is 0.0166 e. The van der Waals surface area contributed by atoms with Crippen LogP contribution in [0.15, 0.2) is 0 Å². The maximum atomic E-state index is 3.56. The zero-order chi connectivity index (χ0) is 9.97. The molecule has 2 rings (SSSR count). The van der Waals surface area contributed by atoms with Crippen molar-refractivity contribution in [3.8, 4) is 0 Å². The molecule has 1 aliphatic heterocycles. The van der Waals surface area contributed by atoms with Gasteiger partial charge in [0.15, 0.2) is 0 Å². The minimum atomic E-state index is 0.681. The Morgan fingerprint density at radius 3 is 2.71 bits per heavy atom. The molecule has 2 nitrogen and oxygen atoms in total. The highest BCUT2D eigenvalue weighted by Gasteiger charge is 2.29. The summed E-state index contributed by atoms with van der Waals surface area (Å²) in [6.07, 6.45) is 5.73. The highest BCUT2D eigenvalue weighted by Crippen LogP contribution is 2.32. The summed E-state index contributed by atoms with van der Waals surface area (Å²) in [5.74, 6) is 1.00. The van der Waals surface area contributed by atoms with E-state index in [1.54, 1.807) is 0 Å². The Bertz CT molecular complexity index is 177. The van der Waals surface area contributed by atoms with E-state index in [0.717, 1.165) is 12.0 Å². The van der Waals surface area contributed by atoms with Gasteiger partial charge in [0.1, 0.15) is 0 Å². The number of nitrogens with one attached hydrogen (secondary N) is 1. The summed E-state index contributed by atoms with van der Waals surface area (Å²) in [5.41, 5.74) is 0. The Kier molecular flexibility index (Phi) is 3.45. The van der Waals surface area contributed by atoms with Crippen LogP contribution < -0.4 is 5.32 Å². The van der Waals surface area contributed by atoms with Crippen molar-refractivity contribution in [1.29, 1.82) is 0 Å². The van der Waals surface area contributed by atoms with E-state index in [-0.39, 0.29) is 0 Å². The van der Waals surface area contributed by atoms with Gasteiger partial charge in [0.25, 0.3) is 0 Å². The van der Waals surface area contributed by atoms with Crippen LogP contribution in [0, 0.1) is 5.92 Å². The molecule has 2 atom stereocenters. The van der Waals surface area contributed by atoms with Gasteiger partial charge in [0.05, 0.1) is 0 Å². The second-order valence-corrected chi connectivity index (χ2v) is 5.14. The van der Waals surface area contributed by atoms with Crippen LogP contribution >= 0.6 is 0 Å². The number of rotatable bonds is 2. The topological polar surface area (TPSA) is 15.3 Å². The van der Waals surface area contributed by atoms with Gasteiger partial charge in [-0.3, -0.25) is 4.90 Å². The van der Waals surface area contributed by atoms with Crippen LogP contribution in [0.5, 0.6) is 0 Å². The van der Waals surface area contributed by atoms with E-state index in [1.807, 2.05) is 0 Å². The molecule has 82 valence electrons. The van der Waals surface area contributed by atoms with Gasteiger partial charge in [0.2, 0.25) is 0 Å². The Hall–Kier alpha value is -0.0800. The van der Waals surface area contributed by atoms with E-state index in [2.05, 4.69) is 24.1 Å². The van der Waals surface area contributed by atoms with Gasteiger partial charge in [-0.2, -0.15) is 0 Å². The smallest absolute Gasteiger partial charge is 0.0166 e. The second-order valence-electron chi connectivity index (χ2n) is 5.14. The highest BCUT2D eigenvalue weighted by atomic mass is 15.2. The normalized spacial score (nSPS) is 33.4. The summed E-state index contributed by atoms with van der Waals surface area (Å²) in [6.45, 7) is 8.50. The van der Waals surface area contributed by atoms with Crippen LogP contribution in [0.2, 0.25) is 0 Å². The van der Waals surface area contributed by atoms with Gasteiger partial charge < -0.3 is 5.32 Å². The standard InChI is InChI=1S/C12H24N2/c1-10-9-14(8-4-7-13-10)11(2)12-5-3-6-12/h10-13H,3-9H2,1-2H3. The summed E-state index contributed by atoms with van der Waals surface area (Å²) < 4.78 is 0. The average Bonchev–Trinajstić information content (AvgIpc) is 2.26. The van der Waals surface area contributed by atoms with Crippen molar-refractivity contribution in [3.63, 3.8) is 0 Å². The van der Waals surface area contributed by atoms with Gasteiger partial charge in [0, 0.05) is 18.6 Å². The van der Waals surface area contributed by atoms with Crippen molar-refractivity contribution in [3.05, 3.63) is 0 Å². The molecule has 2 heteroatoms. The largest absolute Gasteiger partial charge is 0.313 e.